The first-order valence-electron chi connectivity index (χ1n) is 6.03. The molecule has 2 unspecified atom stereocenters. The molecule has 0 radical (unpaired) electrons. The van der Waals surface area contributed by atoms with Crippen molar-refractivity contribution in [1.29, 1.82) is 0 Å². The van der Waals surface area contributed by atoms with Crippen molar-refractivity contribution in [2.75, 3.05) is 0 Å². The van der Waals surface area contributed by atoms with Crippen LogP contribution < -0.4 is 5.73 Å². The van der Waals surface area contributed by atoms with Crippen LogP contribution in [0.4, 0.5) is 0 Å². The lowest BCUT2D eigenvalue weighted by atomic mass is 9.86. The number of rotatable bonds is 2. The van der Waals surface area contributed by atoms with Crippen LogP contribution in [0.1, 0.15) is 58.3 Å². The predicted molar refractivity (Wildman–Crippen MR) is 56.5 cm³/mol. The summed E-state index contributed by atoms with van der Waals surface area (Å²) in [6.07, 6.45) is 11.0. The second-order valence-electron chi connectivity index (χ2n) is 5.21. The van der Waals surface area contributed by atoms with Crippen molar-refractivity contribution in [2.24, 2.45) is 17.6 Å². The summed E-state index contributed by atoms with van der Waals surface area (Å²) in [5.41, 5.74) is 6.74. The Balaban J connectivity index is 1.92. The average molecular weight is 181 g/mol. The van der Waals surface area contributed by atoms with Crippen molar-refractivity contribution in [3.05, 3.63) is 0 Å². The number of hydrogen-bond acceptors (Lipinski definition) is 1. The van der Waals surface area contributed by atoms with Crippen LogP contribution in [0.15, 0.2) is 0 Å². The Hall–Kier alpha value is -0.0400. The standard InChI is InChI=1S/C12H23N/c1-2-10-4-3-8-12(13,9-7-10)11-5-6-11/h10-11H,2-9,13H2,1H3. The SMILES string of the molecule is CCC1CCCC(N)(C2CC2)CC1. The fourth-order valence-electron chi connectivity index (χ4n) is 2.94. The zero-order chi connectivity index (χ0) is 9.31. The van der Waals surface area contributed by atoms with Crippen molar-refractivity contribution in [3.63, 3.8) is 0 Å². The average Bonchev–Trinajstić information content (AvgIpc) is 2.90. The lowest BCUT2D eigenvalue weighted by molar-refractivity contribution is 0.318. The second-order valence-corrected chi connectivity index (χ2v) is 5.21. The lowest BCUT2D eigenvalue weighted by Crippen LogP contribution is -2.41. The maximum Gasteiger partial charge on any atom is 0.0183 e. The fourth-order valence-corrected chi connectivity index (χ4v) is 2.94. The molecule has 13 heavy (non-hydrogen) atoms. The molecule has 0 spiro atoms. The van der Waals surface area contributed by atoms with E-state index < -0.39 is 0 Å². The van der Waals surface area contributed by atoms with Crippen molar-refractivity contribution in [2.45, 2.75) is 63.8 Å². The van der Waals surface area contributed by atoms with Gasteiger partial charge in [0.25, 0.3) is 0 Å². The Morgan fingerprint density at radius 1 is 1.15 bits per heavy atom. The first-order chi connectivity index (χ1) is 6.24. The Morgan fingerprint density at radius 3 is 2.54 bits per heavy atom. The molecule has 76 valence electrons. The van der Waals surface area contributed by atoms with Crippen LogP contribution in [-0.4, -0.2) is 5.54 Å². The van der Waals surface area contributed by atoms with Gasteiger partial charge in [-0.25, -0.2) is 0 Å². The molecule has 2 saturated carbocycles. The van der Waals surface area contributed by atoms with Crippen molar-refractivity contribution < 1.29 is 0 Å². The molecule has 2 aliphatic rings. The van der Waals surface area contributed by atoms with Crippen LogP contribution in [0.3, 0.4) is 0 Å². The summed E-state index contributed by atoms with van der Waals surface area (Å²) in [6.45, 7) is 2.32. The van der Waals surface area contributed by atoms with Gasteiger partial charge in [0, 0.05) is 5.54 Å². The van der Waals surface area contributed by atoms with E-state index in [2.05, 4.69) is 6.92 Å². The van der Waals surface area contributed by atoms with Gasteiger partial charge in [-0.2, -0.15) is 0 Å². The summed E-state index contributed by atoms with van der Waals surface area (Å²) >= 11 is 0. The quantitative estimate of drug-likeness (QED) is 0.651. The third kappa shape index (κ3) is 2.07. The summed E-state index contributed by atoms with van der Waals surface area (Å²) in [5.74, 6) is 1.87. The Morgan fingerprint density at radius 2 is 1.92 bits per heavy atom. The van der Waals surface area contributed by atoms with Gasteiger partial charge in [0.2, 0.25) is 0 Å². The Labute approximate surface area is 82.1 Å². The highest BCUT2D eigenvalue weighted by Gasteiger charge is 2.42. The van der Waals surface area contributed by atoms with Crippen LogP contribution in [0, 0.1) is 11.8 Å². The first kappa shape index (κ1) is 9.51. The van der Waals surface area contributed by atoms with E-state index >= 15 is 0 Å². The van der Waals surface area contributed by atoms with E-state index in [1.165, 1.54) is 51.4 Å². The normalized spacial score (nSPS) is 41.5. The maximum absolute atomic E-state index is 6.48. The monoisotopic (exact) mass is 181 g/mol. The topological polar surface area (TPSA) is 26.0 Å². The molecule has 0 bridgehead atoms. The van der Waals surface area contributed by atoms with E-state index in [4.69, 9.17) is 5.73 Å². The van der Waals surface area contributed by atoms with Crippen LogP contribution in [0.25, 0.3) is 0 Å². The van der Waals surface area contributed by atoms with Crippen LogP contribution in [-0.2, 0) is 0 Å². The summed E-state index contributed by atoms with van der Waals surface area (Å²) in [7, 11) is 0. The van der Waals surface area contributed by atoms with Gasteiger partial charge in [-0.1, -0.05) is 26.2 Å². The van der Waals surface area contributed by atoms with Gasteiger partial charge in [0.05, 0.1) is 0 Å². The molecular weight excluding hydrogens is 158 g/mol. The molecule has 2 N–H and O–H groups in total. The van der Waals surface area contributed by atoms with Crippen LogP contribution in [0.2, 0.25) is 0 Å². The molecule has 2 fully saturated rings. The molecule has 0 heterocycles. The van der Waals surface area contributed by atoms with Crippen LogP contribution in [0.5, 0.6) is 0 Å². The largest absolute Gasteiger partial charge is 0.325 e. The molecule has 0 aromatic carbocycles. The third-order valence-corrected chi connectivity index (χ3v) is 4.24. The minimum atomic E-state index is 0.254. The summed E-state index contributed by atoms with van der Waals surface area (Å²) in [6, 6.07) is 0. The molecule has 0 amide bonds. The zero-order valence-electron chi connectivity index (χ0n) is 8.89. The third-order valence-electron chi connectivity index (χ3n) is 4.24. The van der Waals surface area contributed by atoms with E-state index in [1.54, 1.807) is 0 Å². The van der Waals surface area contributed by atoms with Crippen molar-refractivity contribution in [3.8, 4) is 0 Å². The van der Waals surface area contributed by atoms with Gasteiger partial charge in [0.1, 0.15) is 0 Å². The van der Waals surface area contributed by atoms with E-state index in [-0.39, 0.29) is 5.54 Å². The molecule has 0 aromatic heterocycles. The first-order valence-corrected chi connectivity index (χ1v) is 6.03. The van der Waals surface area contributed by atoms with Gasteiger partial charge >= 0.3 is 0 Å². The smallest absolute Gasteiger partial charge is 0.0183 e. The van der Waals surface area contributed by atoms with Gasteiger partial charge in [-0.3, -0.25) is 0 Å². The van der Waals surface area contributed by atoms with Crippen molar-refractivity contribution >= 4 is 0 Å². The second kappa shape index (κ2) is 3.61. The molecule has 0 aromatic rings. The minimum absolute atomic E-state index is 0.254. The Kier molecular flexibility index (Phi) is 2.64. The minimum Gasteiger partial charge on any atom is -0.325 e. The molecule has 1 heteroatoms. The summed E-state index contributed by atoms with van der Waals surface area (Å²) < 4.78 is 0. The molecule has 2 aliphatic carbocycles. The molecule has 1 nitrogen and oxygen atoms in total. The predicted octanol–water partition coefficient (Wildman–Crippen LogP) is 3.08. The highest BCUT2D eigenvalue weighted by molar-refractivity contribution is 4.99. The van der Waals surface area contributed by atoms with E-state index in [1.807, 2.05) is 0 Å². The highest BCUT2D eigenvalue weighted by atomic mass is 14.8. The molecule has 2 atom stereocenters. The molecule has 0 aliphatic heterocycles. The maximum atomic E-state index is 6.48. The summed E-state index contributed by atoms with van der Waals surface area (Å²) in [5, 5.41) is 0. The molecule has 2 rings (SSSR count). The summed E-state index contributed by atoms with van der Waals surface area (Å²) in [4.78, 5) is 0. The highest BCUT2D eigenvalue weighted by Crippen LogP contribution is 2.45. The Bertz CT molecular complexity index is 174. The number of hydrogen-bond donors (Lipinski definition) is 1. The number of nitrogens with two attached hydrogens (primary N) is 1. The molecular formula is C12H23N. The van der Waals surface area contributed by atoms with Crippen molar-refractivity contribution in [1.82, 2.24) is 0 Å². The molecule has 0 saturated heterocycles. The van der Waals surface area contributed by atoms with Gasteiger partial charge in [-0.15, -0.1) is 0 Å². The lowest BCUT2D eigenvalue weighted by Gasteiger charge is -2.28. The van der Waals surface area contributed by atoms with Gasteiger partial charge in [-0.05, 0) is 43.9 Å². The fraction of sp³-hybridized carbons (Fsp3) is 1.00. The van der Waals surface area contributed by atoms with Gasteiger partial charge < -0.3 is 5.73 Å². The van der Waals surface area contributed by atoms with E-state index in [0.29, 0.717) is 0 Å². The van der Waals surface area contributed by atoms with E-state index in [9.17, 15) is 0 Å². The van der Waals surface area contributed by atoms with E-state index in [0.717, 1.165) is 11.8 Å². The van der Waals surface area contributed by atoms with Crippen LogP contribution >= 0.6 is 0 Å². The zero-order valence-corrected chi connectivity index (χ0v) is 8.89. The van der Waals surface area contributed by atoms with Gasteiger partial charge in [0.15, 0.2) is 0 Å².